The summed E-state index contributed by atoms with van der Waals surface area (Å²) in [5.74, 6) is -1.17. The average molecular weight is 297 g/mol. The predicted octanol–water partition coefficient (Wildman–Crippen LogP) is 3.98. The highest BCUT2D eigenvalue weighted by atomic mass is 19.1. The molecule has 0 fully saturated rings. The molecule has 3 rings (SSSR count). The van der Waals surface area contributed by atoms with Crippen LogP contribution in [0.2, 0.25) is 0 Å². The second-order valence-corrected chi connectivity index (χ2v) is 4.78. The number of oxazole rings is 1. The topological polar surface area (TPSA) is 63.3 Å². The van der Waals surface area contributed by atoms with Crippen molar-refractivity contribution in [3.63, 3.8) is 0 Å². The van der Waals surface area contributed by atoms with Gasteiger partial charge in [0, 0.05) is 5.57 Å². The van der Waals surface area contributed by atoms with Crippen molar-refractivity contribution in [1.29, 1.82) is 0 Å². The van der Waals surface area contributed by atoms with Crippen molar-refractivity contribution in [3.8, 4) is 0 Å². The number of halogens is 1. The van der Waals surface area contributed by atoms with Gasteiger partial charge in [0.2, 0.25) is 5.89 Å². The zero-order valence-electron chi connectivity index (χ0n) is 11.5. The van der Waals surface area contributed by atoms with Crippen molar-refractivity contribution in [2.75, 3.05) is 0 Å². The minimum absolute atomic E-state index is 0.230. The summed E-state index contributed by atoms with van der Waals surface area (Å²) in [5, 5.41) is 9.07. The van der Waals surface area contributed by atoms with Crippen LogP contribution in [0.15, 0.2) is 52.9 Å². The number of benzene rings is 2. The third-order valence-electron chi connectivity index (χ3n) is 3.10. The Labute approximate surface area is 125 Å². The number of aliphatic carboxylic acids is 1. The third kappa shape index (κ3) is 3.03. The van der Waals surface area contributed by atoms with Crippen LogP contribution >= 0.6 is 0 Å². The van der Waals surface area contributed by atoms with Crippen LogP contribution in [0.5, 0.6) is 0 Å². The van der Waals surface area contributed by atoms with Gasteiger partial charge in [-0.25, -0.2) is 9.37 Å². The summed E-state index contributed by atoms with van der Waals surface area (Å²) in [5.41, 5.74) is 2.16. The molecule has 3 aromatic rings. The Morgan fingerprint density at radius 1 is 1.23 bits per heavy atom. The minimum atomic E-state index is -1.01. The number of rotatable bonds is 4. The number of hydrogen-bond acceptors (Lipinski definition) is 3. The maximum Gasteiger partial charge on any atom is 0.308 e. The molecule has 0 aliphatic carbocycles. The SMILES string of the molecule is O=C(O)C/C(=C\c1cccc(F)c1)c1nc2ccccc2o1. The number of fused-ring (bicyclic) bond motifs is 1. The van der Waals surface area contributed by atoms with E-state index in [4.69, 9.17) is 9.52 Å². The van der Waals surface area contributed by atoms with Gasteiger partial charge in [0.25, 0.3) is 0 Å². The Hall–Kier alpha value is -2.95. The van der Waals surface area contributed by atoms with Crippen LogP contribution in [0.4, 0.5) is 4.39 Å². The van der Waals surface area contributed by atoms with Crippen LogP contribution < -0.4 is 0 Å². The monoisotopic (exact) mass is 297 g/mol. The Morgan fingerprint density at radius 2 is 2.05 bits per heavy atom. The highest BCUT2D eigenvalue weighted by Gasteiger charge is 2.14. The number of para-hydroxylation sites is 2. The van der Waals surface area contributed by atoms with Crippen LogP contribution in [0.25, 0.3) is 22.7 Å². The lowest BCUT2D eigenvalue weighted by atomic mass is 10.1. The van der Waals surface area contributed by atoms with Crippen LogP contribution in [0.1, 0.15) is 17.9 Å². The van der Waals surface area contributed by atoms with Crippen LogP contribution in [-0.2, 0) is 4.79 Å². The molecule has 0 saturated carbocycles. The first-order chi connectivity index (χ1) is 10.6. The number of nitrogens with zero attached hydrogens (tertiary/aromatic N) is 1. The number of carboxylic acid groups (broad SMARTS) is 1. The van der Waals surface area contributed by atoms with E-state index in [1.54, 1.807) is 30.3 Å². The van der Waals surface area contributed by atoms with Crippen LogP contribution in [0.3, 0.4) is 0 Å². The van der Waals surface area contributed by atoms with Crippen molar-refractivity contribution in [3.05, 3.63) is 65.8 Å². The molecule has 0 aliphatic heterocycles. The van der Waals surface area contributed by atoms with Gasteiger partial charge in [-0.1, -0.05) is 24.3 Å². The van der Waals surface area contributed by atoms with E-state index in [1.807, 2.05) is 12.1 Å². The summed E-state index contributed by atoms with van der Waals surface area (Å²) in [7, 11) is 0. The molecule has 4 nitrogen and oxygen atoms in total. The van der Waals surface area contributed by atoms with Crippen molar-refractivity contribution >= 4 is 28.7 Å². The molecular weight excluding hydrogens is 285 g/mol. The van der Waals surface area contributed by atoms with E-state index in [2.05, 4.69) is 4.98 Å². The second kappa shape index (κ2) is 5.81. The maximum atomic E-state index is 13.3. The van der Waals surface area contributed by atoms with Gasteiger partial charge in [-0.2, -0.15) is 0 Å². The first-order valence-electron chi connectivity index (χ1n) is 6.66. The second-order valence-electron chi connectivity index (χ2n) is 4.78. The highest BCUT2D eigenvalue weighted by molar-refractivity contribution is 5.90. The standard InChI is InChI=1S/C17H12FNO3/c18-13-5-3-4-11(9-13)8-12(10-16(20)21)17-19-14-6-1-2-7-15(14)22-17/h1-9H,10H2,(H,20,21)/b12-8+. The van der Waals surface area contributed by atoms with Gasteiger partial charge in [0.15, 0.2) is 5.58 Å². The number of carboxylic acids is 1. The van der Waals surface area contributed by atoms with Crippen LogP contribution in [-0.4, -0.2) is 16.1 Å². The fraction of sp³-hybridized carbons (Fsp3) is 0.0588. The summed E-state index contributed by atoms with van der Waals surface area (Å²) in [6.07, 6.45) is 1.31. The molecule has 1 heterocycles. The summed E-state index contributed by atoms with van der Waals surface area (Å²) in [4.78, 5) is 15.4. The van der Waals surface area contributed by atoms with Gasteiger partial charge in [0.1, 0.15) is 11.3 Å². The van der Waals surface area contributed by atoms with Crippen LogP contribution in [0, 0.1) is 5.82 Å². The van der Waals surface area contributed by atoms with Crippen molar-refractivity contribution < 1.29 is 18.7 Å². The lowest BCUT2D eigenvalue weighted by Gasteiger charge is -2.01. The molecule has 0 amide bonds. The van der Waals surface area contributed by atoms with Crippen molar-refractivity contribution in [2.24, 2.45) is 0 Å². The van der Waals surface area contributed by atoms with Crippen molar-refractivity contribution in [2.45, 2.75) is 6.42 Å². The van der Waals surface area contributed by atoms with Gasteiger partial charge >= 0.3 is 5.97 Å². The minimum Gasteiger partial charge on any atom is -0.481 e. The largest absolute Gasteiger partial charge is 0.481 e. The van der Waals surface area contributed by atoms with E-state index in [1.165, 1.54) is 12.1 Å². The zero-order valence-corrected chi connectivity index (χ0v) is 11.5. The van der Waals surface area contributed by atoms with Gasteiger partial charge in [-0.05, 0) is 35.9 Å². The molecule has 0 bridgehead atoms. The molecule has 0 spiro atoms. The van der Waals surface area contributed by atoms with Crippen molar-refractivity contribution in [1.82, 2.24) is 4.98 Å². The fourth-order valence-corrected chi connectivity index (χ4v) is 2.16. The van der Waals surface area contributed by atoms with E-state index >= 15 is 0 Å². The van der Waals surface area contributed by atoms with Gasteiger partial charge < -0.3 is 9.52 Å². The molecule has 0 aliphatic rings. The fourth-order valence-electron chi connectivity index (χ4n) is 2.16. The highest BCUT2D eigenvalue weighted by Crippen LogP contribution is 2.25. The van der Waals surface area contributed by atoms with Gasteiger partial charge in [-0.15, -0.1) is 0 Å². The maximum absolute atomic E-state index is 13.3. The Kier molecular flexibility index (Phi) is 3.70. The molecule has 22 heavy (non-hydrogen) atoms. The first kappa shape index (κ1) is 14.0. The smallest absolute Gasteiger partial charge is 0.308 e. The molecule has 2 aromatic carbocycles. The number of aromatic nitrogens is 1. The Balaban J connectivity index is 2.07. The summed E-state index contributed by atoms with van der Waals surface area (Å²) < 4.78 is 18.9. The molecule has 0 atom stereocenters. The van der Waals surface area contributed by atoms with Gasteiger partial charge in [0.05, 0.1) is 6.42 Å². The lowest BCUT2D eigenvalue weighted by molar-refractivity contribution is -0.135. The molecule has 110 valence electrons. The normalized spacial score (nSPS) is 11.8. The Morgan fingerprint density at radius 3 is 2.77 bits per heavy atom. The zero-order chi connectivity index (χ0) is 15.5. The summed E-state index contributed by atoms with van der Waals surface area (Å²) in [6, 6.07) is 13.1. The molecule has 5 heteroatoms. The summed E-state index contributed by atoms with van der Waals surface area (Å²) in [6.45, 7) is 0. The molecule has 1 aromatic heterocycles. The lowest BCUT2D eigenvalue weighted by Crippen LogP contribution is -1.97. The van der Waals surface area contributed by atoms with E-state index < -0.39 is 5.97 Å². The quantitative estimate of drug-likeness (QED) is 0.791. The van der Waals surface area contributed by atoms with Gasteiger partial charge in [-0.3, -0.25) is 4.79 Å². The molecule has 1 N–H and O–H groups in total. The molecule has 0 unspecified atom stereocenters. The Bertz CT molecular complexity index is 834. The first-order valence-corrected chi connectivity index (χ1v) is 6.66. The predicted molar refractivity (Wildman–Crippen MR) is 80.5 cm³/mol. The molecule has 0 radical (unpaired) electrons. The molecule has 0 saturated heterocycles. The van der Waals surface area contributed by atoms with E-state index in [0.717, 1.165) is 0 Å². The number of carbonyl (C=O) groups is 1. The van der Waals surface area contributed by atoms with E-state index in [9.17, 15) is 9.18 Å². The van der Waals surface area contributed by atoms with E-state index in [-0.39, 0.29) is 18.1 Å². The number of hydrogen-bond donors (Lipinski definition) is 1. The molecular formula is C17H12FNO3. The summed E-state index contributed by atoms with van der Waals surface area (Å²) >= 11 is 0. The third-order valence-corrected chi connectivity index (χ3v) is 3.10. The average Bonchev–Trinajstić information content (AvgIpc) is 2.90. The van der Waals surface area contributed by atoms with E-state index in [0.29, 0.717) is 22.2 Å².